The summed E-state index contributed by atoms with van der Waals surface area (Å²) in [6.45, 7) is 0. The third-order valence-corrected chi connectivity index (χ3v) is 5.89. The maximum absolute atomic E-state index is 11.7. The predicted octanol–water partition coefficient (Wildman–Crippen LogP) is 2.44. The van der Waals surface area contributed by atoms with E-state index in [0.29, 0.717) is 4.58 Å². The summed E-state index contributed by atoms with van der Waals surface area (Å²) in [5.74, 6) is 2.06. The van der Waals surface area contributed by atoms with Crippen molar-refractivity contribution >= 4 is 22.6 Å². The van der Waals surface area contributed by atoms with Crippen LogP contribution in [0, 0.1) is 0 Å². The summed E-state index contributed by atoms with van der Waals surface area (Å²) in [5.41, 5.74) is 1.31. The van der Waals surface area contributed by atoms with Crippen LogP contribution in [0.4, 0.5) is 0 Å². The molecular formula is C11H14OS2. The molecule has 0 bridgehead atoms. The minimum atomic E-state index is -0.616. The molecule has 0 aliphatic carbocycles. The SMILES string of the molecule is O=[S@]1CCCS[C@@H]1Cc1ccccc1. The van der Waals surface area contributed by atoms with Gasteiger partial charge in [-0.1, -0.05) is 30.3 Å². The average molecular weight is 226 g/mol. The number of hydrogen-bond acceptors (Lipinski definition) is 2. The lowest BCUT2D eigenvalue weighted by molar-refractivity contribution is 0.677. The van der Waals surface area contributed by atoms with Crippen LogP contribution in [0.25, 0.3) is 0 Å². The highest BCUT2D eigenvalue weighted by atomic mass is 32.2. The Labute approximate surface area is 91.7 Å². The zero-order valence-corrected chi connectivity index (χ0v) is 9.65. The van der Waals surface area contributed by atoms with E-state index in [1.54, 1.807) is 0 Å². The van der Waals surface area contributed by atoms with Crippen molar-refractivity contribution in [2.45, 2.75) is 17.4 Å². The highest BCUT2D eigenvalue weighted by molar-refractivity contribution is 8.11. The van der Waals surface area contributed by atoms with E-state index < -0.39 is 10.8 Å². The monoisotopic (exact) mass is 226 g/mol. The standard InChI is InChI=1S/C11H14OS2/c12-14-8-4-7-13-11(14)9-10-5-2-1-3-6-10/h1-3,5-6,11H,4,7-9H2/t11-,14-/m0/s1. The van der Waals surface area contributed by atoms with Crippen molar-refractivity contribution in [3.05, 3.63) is 35.9 Å². The maximum Gasteiger partial charge on any atom is 0.0841 e. The van der Waals surface area contributed by atoms with E-state index in [4.69, 9.17) is 0 Å². The van der Waals surface area contributed by atoms with Gasteiger partial charge in [-0.25, -0.2) is 0 Å². The van der Waals surface area contributed by atoms with Crippen molar-refractivity contribution in [3.63, 3.8) is 0 Å². The molecule has 14 heavy (non-hydrogen) atoms. The van der Waals surface area contributed by atoms with Gasteiger partial charge in [0.1, 0.15) is 0 Å². The zero-order valence-electron chi connectivity index (χ0n) is 8.02. The highest BCUT2D eigenvalue weighted by Gasteiger charge is 2.21. The first-order valence-corrected chi connectivity index (χ1v) is 7.32. The lowest BCUT2D eigenvalue weighted by Gasteiger charge is -2.20. The van der Waals surface area contributed by atoms with Gasteiger partial charge in [0, 0.05) is 16.6 Å². The Balaban J connectivity index is 2.00. The smallest absolute Gasteiger partial charge is 0.0841 e. The fourth-order valence-electron chi connectivity index (χ4n) is 1.58. The molecule has 1 fully saturated rings. The molecule has 1 aromatic carbocycles. The Morgan fingerprint density at radius 3 is 2.86 bits per heavy atom. The van der Waals surface area contributed by atoms with Crippen molar-refractivity contribution < 1.29 is 4.21 Å². The van der Waals surface area contributed by atoms with Gasteiger partial charge in [0.2, 0.25) is 0 Å². The van der Waals surface area contributed by atoms with E-state index in [2.05, 4.69) is 12.1 Å². The highest BCUT2D eigenvalue weighted by Crippen LogP contribution is 2.25. The van der Waals surface area contributed by atoms with Crippen LogP contribution in [0.3, 0.4) is 0 Å². The lowest BCUT2D eigenvalue weighted by Crippen LogP contribution is -2.22. The molecule has 1 aliphatic rings. The van der Waals surface area contributed by atoms with E-state index >= 15 is 0 Å². The minimum absolute atomic E-state index is 0.325. The van der Waals surface area contributed by atoms with E-state index in [0.717, 1.165) is 18.6 Å². The second-order valence-corrected chi connectivity index (χ2v) is 6.78. The molecule has 0 aromatic heterocycles. The summed E-state index contributed by atoms with van der Waals surface area (Å²) in [5, 5.41) is 0. The van der Waals surface area contributed by atoms with Crippen LogP contribution in [0.15, 0.2) is 30.3 Å². The summed E-state index contributed by atoms with van der Waals surface area (Å²) in [7, 11) is -0.616. The topological polar surface area (TPSA) is 17.1 Å². The van der Waals surface area contributed by atoms with E-state index in [1.807, 2.05) is 30.0 Å². The Morgan fingerprint density at radius 2 is 2.14 bits per heavy atom. The molecule has 3 heteroatoms. The normalized spacial score (nSPS) is 27.4. The molecular weight excluding hydrogens is 212 g/mol. The second kappa shape index (κ2) is 4.99. The van der Waals surface area contributed by atoms with Gasteiger partial charge in [-0.2, -0.15) is 0 Å². The van der Waals surface area contributed by atoms with Crippen LogP contribution in [0.1, 0.15) is 12.0 Å². The summed E-state index contributed by atoms with van der Waals surface area (Å²) >= 11 is 1.87. The summed E-state index contributed by atoms with van der Waals surface area (Å²) in [6, 6.07) is 10.4. The van der Waals surface area contributed by atoms with Crippen molar-refractivity contribution in [2.75, 3.05) is 11.5 Å². The molecule has 1 saturated heterocycles. The van der Waals surface area contributed by atoms with Gasteiger partial charge < -0.3 is 0 Å². The molecule has 1 heterocycles. The molecule has 76 valence electrons. The molecule has 0 unspecified atom stereocenters. The van der Waals surface area contributed by atoms with Crippen LogP contribution < -0.4 is 0 Å². The molecule has 1 nitrogen and oxygen atoms in total. The molecule has 2 atom stereocenters. The Bertz CT molecular complexity index is 310. The molecule has 0 amide bonds. The third kappa shape index (κ3) is 2.61. The average Bonchev–Trinajstić information content (AvgIpc) is 2.23. The summed E-state index contributed by atoms with van der Waals surface area (Å²) in [6.07, 6.45) is 2.07. The lowest BCUT2D eigenvalue weighted by atomic mass is 10.2. The Hall–Kier alpha value is -0.280. The van der Waals surface area contributed by atoms with E-state index in [-0.39, 0.29) is 0 Å². The zero-order chi connectivity index (χ0) is 9.80. The van der Waals surface area contributed by atoms with Gasteiger partial charge >= 0.3 is 0 Å². The van der Waals surface area contributed by atoms with Gasteiger partial charge in [0.15, 0.2) is 0 Å². The molecule has 0 radical (unpaired) electrons. The van der Waals surface area contributed by atoms with Gasteiger partial charge in [-0.05, 0) is 24.2 Å². The third-order valence-electron chi connectivity index (χ3n) is 2.33. The first-order valence-electron chi connectivity index (χ1n) is 4.89. The van der Waals surface area contributed by atoms with Crippen LogP contribution in [0.5, 0.6) is 0 Å². The number of hydrogen-bond donors (Lipinski definition) is 0. The molecule has 0 N–H and O–H groups in total. The second-order valence-electron chi connectivity index (χ2n) is 3.43. The first-order chi connectivity index (χ1) is 6.86. The molecule has 0 spiro atoms. The fraction of sp³-hybridized carbons (Fsp3) is 0.455. The van der Waals surface area contributed by atoms with Crippen molar-refractivity contribution in [1.82, 2.24) is 0 Å². The van der Waals surface area contributed by atoms with Crippen molar-refractivity contribution in [1.29, 1.82) is 0 Å². The van der Waals surface area contributed by atoms with Crippen LogP contribution in [-0.4, -0.2) is 20.3 Å². The number of benzene rings is 1. The fourth-order valence-corrected chi connectivity index (χ4v) is 4.90. The maximum atomic E-state index is 11.7. The van der Waals surface area contributed by atoms with Crippen LogP contribution >= 0.6 is 11.8 Å². The predicted molar refractivity (Wildman–Crippen MR) is 64.0 cm³/mol. The molecule has 1 aromatic rings. The summed E-state index contributed by atoms with van der Waals surface area (Å²) in [4.78, 5) is 0. The van der Waals surface area contributed by atoms with Gasteiger partial charge in [0.25, 0.3) is 0 Å². The van der Waals surface area contributed by atoms with Crippen LogP contribution in [0.2, 0.25) is 0 Å². The van der Waals surface area contributed by atoms with E-state index in [9.17, 15) is 4.21 Å². The Morgan fingerprint density at radius 1 is 1.36 bits per heavy atom. The Kier molecular flexibility index (Phi) is 3.65. The van der Waals surface area contributed by atoms with Gasteiger partial charge in [0.05, 0.1) is 4.58 Å². The first kappa shape index (κ1) is 10.2. The number of rotatable bonds is 2. The molecule has 2 rings (SSSR count). The largest absolute Gasteiger partial charge is 0.258 e. The van der Waals surface area contributed by atoms with Crippen LogP contribution in [-0.2, 0) is 17.2 Å². The van der Waals surface area contributed by atoms with Gasteiger partial charge in [-0.3, -0.25) is 4.21 Å². The van der Waals surface area contributed by atoms with Crippen molar-refractivity contribution in [3.8, 4) is 0 Å². The van der Waals surface area contributed by atoms with E-state index in [1.165, 1.54) is 11.3 Å². The van der Waals surface area contributed by atoms with Gasteiger partial charge in [-0.15, -0.1) is 11.8 Å². The quantitative estimate of drug-likeness (QED) is 0.770. The van der Waals surface area contributed by atoms with Crippen molar-refractivity contribution in [2.24, 2.45) is 0 Å². The number of thioether (sulfide) groups is 1. The molecule has 1 aliphatic heterocycles. The molecule has 0 saturated carbocycles. The minimum Gasteiger partial charge on any atom is -0.258 e. The summed E-state index contributed by atoms with van der Waals surface area (Å²) < 4.78 is 12.0.